The van der Waals surface area contributed by atoms with Crippen molar-refractivity contribution in [3.8, 4) is 0 Å². The molecule has 0 saturated carbocycles. The van der Waals surface area contributed by atoms with E-state index in [9.17, 15) is 116 Å². The van der Waals surface area contributed by atoms with Crippen LogP contribution in [0, 0.1) is 0 Å². The average Bonchev–Trinajstić information content (AvgIpc) is 3.21. The maximum Gasteiger partial charge on any atom is 0.397 e. The molecule has 4 fully saturated rings. The molecule has 0 aromatic rings. The monoisotopic (exact) mass is 1170 g/mol. The predicted molar refractivity (Wildman–Crippen MR) is 207 cm³/mol. The van der Waals surface area contributed by atoms with Crippen LogP contribution in [0.25, 0.3) is 0 Å². The second-order valence-corrected chi connectivity index (χ2v) is 20.0. The smallest absolute Gasteiger partial charge is 0.397 e. The van der Waals surface area contributed by atoms with Gasteiger partial charge in [0, 0.05) is 6.92 Å². The van der Waals surface area contributed by atoms with E-state index in [0.717, 1.165) is 6.92 Å². The number of nitrogens with two attached hydrogens (primary N) is 1. The van der Waals surface area contributed by atoms with Crippen molar-refractivity contribution in [2.75, 3.05) is 13.2 Å². The number of carboxylic acids is 2. The van der Waals surface area contributed by atoms with Crippen LogP contribution >= 0.6 is 0 Å². The van der Waals surface area contributed by atoms with Gasteiger partial charge in [-0.25, -0.2) is 32.2 Å². The van der Waals surface area contributed by atoms with Crippen LogP contribution in [0.3, 0.4) is 0 Å². The Morgan fingerprint density at radius 1 is 0.528 bits per heavy atom. The van der Waals surface area contributed by atoms with Crippen LogP contribution in [0.4, 0.5) is 0 Å². The SMILES string of the molecule is CC(=O)N[C@@H]1[C@@H](O)[C@H](O[C@@H]2O[C@H](C(=O)O)[C@@H](O[C@@H]3O[C@H](CO)[C@@H](O[C@H]4O[C@@H](C(=O)O)[C@H](O)[C@@H](O)[C@@H]4OS(=O)(=O)O)[C@H](OS(=O)(=O)O)[C@H]3NS(=O)(=O)O)[C@H](O)[C@H]2OS(=O)(=O)O)[C@H](COS(=O)(=O)O)O[C@H]1O.NO. The Hall–Kier alpha value is -2.84. The maximum absolute atomic E-state index is 12.7. The highest BCUT2D eigenvalue weighted by atomic mass is 32.3. The van der Waals surface area contributed by atoms with Crippen LogP contribution < -0.4 is 15.9 Å². The summed E-state index contributed by atoms with van der Waals surface area (Å²) < 4.78 is 222. The molecule has 20 atom stereocenters. The second kappa shape index (κ2) is 24.9. The first-order chi connectivity index (χ1) is 32.8. The molecule has 41 nitrogen and oxygen atoms in total. The minimum Gasteiger partial charge on any atom is -0.479 e. The van der Waals surface area contributed by atoms with Crippen LogP contribution in [0.2, 0.25) is 0 Å². The van der Waals surface area contributed by atoms with E-state index < -0.39 is 206 Å². The number of hydrogen-bond acceptors (Lipinski definition) is 32. The Bertz CT molecular complexity index is 2450. The van der Waals surface area contributed by atoms with Crippen molar-refractivity contribution >= 4 is 69.7 Å². The molecule has 4 saturated heterocycles. The summed E-state index contributed by atoms with van der Waals surface area (Å²) >= 11 is 0. The maximum atomic E-state index is 12.7. The van der Waals surface area contributed by atoms with Crippen LogP contribution in [-0.2, 0) is 116 Å². The van der Waals surface area contributed by atoms with E-state index in [1.807, 2.05) is 5.32 Å². The molecule has 0 bridgehead atoms. The Kier molecular flexibility index (Phi) is 21.9. The van der Waals surface area contributed by atoms with Crippen molar-refractivity contribution in [1.82, 2.24) is 10.0 Å². The Labute approximate surface area is 402 Å². The molecular formula is C26H45N3O38S5. The highest BCUT2D eigenvalue weighted by molar-refractivity contribution is 7.83. The molecule has 0 aliphatic carbocycles. The fraction of sp³-hybridized carbons (Fsp3) is 0.885. The third kappa shape index (κ3) is 17.6. The summed E-state index contributed by atoms with van der Waals surface area (Å²) in [6, 6.07) is -4.96. The Morgan fingerprint density at radius 2 is 0.986 bits per heavy atom. The molecular weight excluding hydrogens is 1120 g/mol. The van der Waals surface area contributed by atoms with E-state index in [4.69, 9.17) is 42.9 Å². The van der Waals surface area contributed by atoms with Crippen molar-refractivity contribution < 1.29 is 175 Å². The highest BCUT2D eigenvalue weighted by Gasteiger charge is 2.60. The van der Waals surface area contributed by atoms with Gasteiger partial charge in [-0.1, -0.05) is 0 Å². The third-order valence-corrected chi connectivity index (χ3v) is 12.1. The number of carbonyl (C=O) groups excluding carboxylic acids is 1. The summed E-state index contributed by atoms with van der Waals surface area (Å²) in [7, 11) is -29.1. The number of aliphatic carboxylic acids is 2. The third-order valence-electron chi connectivity index (χ3n) is 9.68. The van der Waals surface area contributed by atoms with Gasteiger partial charge in [0.15, 0.2) is 49.6 Å². The van der Waals surface area contributed by atoms with Gasteiger partial charge in [-0.15, -0.1) is 0 Å². The number of amides is 1. The van der Waals surface area contributed by atoms with Gasteiger partial charge in [-0.05, 0) is 0 Å². The quantitative estimate of drug-likeness (QED) is 0.0375. The van der Waals surface area contributed by atoms with Gasteiger partial charge in [-0.3, -0.25) is 27.6 Å². The molecule has 72 heavy (non-hydrogen) atoms. The molecule has 46 heteroatoms. The number of aliphatic hydroxyl groups excluding tert-OH is 6. The van der Waals surface area contributed by atoms with Crippen molar-refractivity contribution in [1.29, 1.82) is 0 Å². The lowest BCUT2D eigenvalue weighted by Crippen LogP contribution is -2.71. The molecule has 4 rings (SSSR count). The number of carboxylic acid groups (broad SMARTS) is 2. The van der Waals surface area contributed by atoms with Gasteiger partial charge in [0.2, 0.25) is 5.91 Å². The second-order valence-electron chi connectivity index (χ2n) is 14.6. The lowest BCUT2D eigenvalue weighted by molar-refractivity contribution is -0.366. The molecule has 0 aromatic heterocycles. The highest BCUT2D eigenvalue weighted by Crippen LogP contribution is 2.37. The molecule has 0 spiro atoms. The molecule has 0 radical (unpaired) electrons. The van der Waals surface area contributed by atoms with E-state index in [-0.39, 0.29) is 0 Å². The summed E-state index contributed by atoms with van der Waals surface area (Å²) in [5.74, 6) is -1.99. The number of rotatable bonds is 21. The van der Waals surface area contributed by atoms with Gasteiger partial charge < -0.3 is 84.5 Å². The molecule has 4 aliphatic heterocycles. The van der Waals surface area contributed by atoms with E-state index in [1.54, 1.807) is 0 Å². The van der Waals surface area contributed by atoms with Crippen LogP contribution in [0.15, 0.2) is 0 Å². The van der Waals surface area contributed by atoms with Gasteiger partial charge >= 0.3 is 63.8 Å². The Morgan fingerprint density at radius 3 is 1.43 bits per heavy atom. The van der Waals surface area contributed by atoms with Gasteiger partial charge in [0.05, 0.1) is 13.2 Å². The van der Waals surface area contributed by atoms with Crippen molar-refractivity contribution in [3.63, 3.8) is 0 Å². The number of aliphatic hydroxyl groups is 6. The first kappa shape index (κ1) is 63.5. The van der Waals surface area contributed by atoms with E-state index in [0.29, 0.717) is 0 Å². The van der Waals surface area contributed by atoms with Crippen molar-refractivity contribution in [2.24, 2.45) is 5.90 Å². The zero-order chi connectivity index (χ0) is 55.4. The minimum absolute atomic E-state index is 0.840. The van der Waals surface area contributed by atoms with E-state index in [2.05, 4.69) is 22.6 Å². The largest absolute Gasteiger partial charge is 0.479 e. The first-order valence-electron chi connectivity index (χ1n) is 18.7. The molecule has 4 heterocycles. The van der Waals surface area contributed by atoms with Gasteiger partial charge in [-0.2, -0.15) is 46.8 Å². The number of carbonyl (C=O) groups is 3. The fourth-order valence-electron chi connectivity index (χ4n) is 7.05. The predicted octanol–water partition coefficient (Wildman–Crippen LogP) is -11.4. The van der Waals surface area contributed by atoms with Crippen LogP contribution in [0.1, 0.15) is 6.92 Å². The lowest BCUT2D eigenvalue weighted by atomic mass is 9.94. The fourth-order valence-corrected chi connectivity index (χ4v) is 9.43. The Balaban J connectivity index is 0.00000676. The molecule has 18 N–H and O–H groups in total. The number of hydrogen-bond donors (Lipinski definition) is 17. The van der Waals surface area contributed by atoms with Crippen molar-refractivity contribution in [3.05, 3.63) is 0 Å². The minimum atomic E-state index is -6.09. The van der Waals surface area contributed by atoms with Gasteiger partial charge in [0.25, 0.3) is 0 Å². The topological polar surface area (TPSA) is 657 Å². The first-order valence-corrected chi connectivity index (χ1v) is 25.6. The normalized spacial score (nSPS) is 38.2. The molecule has 4 aliphatic rings. The van der Waals surface area contributed by atoms with Crippen LogP contribution in [-0.4, -0.2) is 265 Å². The van der Waals surface area contributed by atoms with Crippen molar-refractivity contribution in [2.45, 2.75) is 130 Å². The average molecular weight is 1170 g/mol. The van der Waals surface area contributed by atoms with E-state index in [1.165, 1.54) is 4.72 Å². The van der Waals surface area contributed by atoms with Gasteiger partial charge in [0.1, 0.15) is 73.1 Å². The van der Waals surface area contributed by atoms with E-state index >= 15 is 0 Å². The summed E-state index contributed by atoms with van der Waals surface area (Å²) in [6.07, 6.45) is -49.1. The zero-order valence-corrected chi connectivity index (χ0v) is 39.2. The summed E-state index contributed by atoms with van der Waals surface area (Å²) in [5.41, 5.74) is 0. The molecule has 1 amide bonds. The molecule has 0 unspecified atom stereocenters. The van der Waals surface area contributed by atoms with Crippen LogP contribution in [0.5, 0.6) is 0 Å². The molecule has 422 valence electrons. The number of ether oxygens (including phenoxy) is 7. The zero-order valence-electron chi connectivity index (χ0n) is 35.1. The molecule has 0 aromatic carbocycles. The summed E-state index contributed by atoms with van der Waals surface area (Å²) in [5, 5.41) is 92.5. The summed E-state index contributed by atoms with van der Waals surface area (Å²) in [6.45, 7) is -2.24. The lowest BCUT2D eigenvalue weighted by Gasteiger charge is -2.50. The number of nitrogens with one attached hydrogen (secondary N) is 2. The standard InChI is InChI=1S/C26H42N2O37S5.H3NO/c1-4(30)27-7-9(31)13(6(56-23(7)39)3-55-67(43,44)45)58-26-19(65-70(52,53)54)12(34)16(20(62-26)22(37)38)60-24-8(28-66(40,41)42)15(63-68(46,47)48)14(5(2-29)57-24)59-25-18(64-69(49,50)51)11(33)10(32)17(61-25)21(35)36;1-2/h5-20,23-26,28-29,31-34,39H,2-3H2,1H3,(H,27,30)(H,35,36)(H,37,38)(H,40,41,42)(H,43,44,45)(H,46,47,48)(H,49,50,51)(H,52,53,54);2H,1H2/t5-,6+,7-,8-,9-,10-,11-,12+,13-,14-,15-,16+,17-,18+,19-,20+,23-,24+,25+,26-;/m1./s1. The summed E-state index contributed by atoms with van der Waals surface area (Å²) in [4.78, 5) is 36.4.